The highest BCUT2D eigenvalue weighted by molar-refractivity contribution is 7.20. The number of carbonyl (C=O) groups excluding carboxylic acids is 2. The van der Waals surface area contributed by atoms with E-state index in [2.05, 4.69) is 4.98 Å². The van der Waals surface area contributed by atoms with Crippen molar-refractivity contribution in [3.05, 3.63) is 47.9 Å². The van der Waals surface area contributed by atoms with E-state index in [1.165, 1.54) is 11.3 Å². The Hall–Kier alpha value is -2.47. The van der Waals surface area contributed by atoms with Crippen LogP contribution < -0.4 is 0 Å². The number of ether oxygens (including phenoxy) is 1. The zero-order chi connectivity index (χ0) is 15.5. The van der Waals surface area contributed by atoms with Gasteiger partial charge in [-0.2, -0.15) is 0 Å². The predicted octanol–water partition coefficient (Wildman–Crippen LogP) is 2.98. The second kappa shape index (κ2) is 6.11. The van der Waals surface area contributed by atoms with Crippen LogP contribution in [0, 0.1) is 0 Å². The van der Waals surface area contributed by atoms with Crippen LogP contribution >= 0.6 is 11.3 Å². The van der Waals surface area contributed by atoms with Crippen molar-refractivity contribution in [1.82, 2.24) is 9.38 Å². The Labute approximate surface area is 131 Å². The lowest BCUT2D eigenvalue weighted by atomic mass is 10.2. The van der Waals surface area contributed by atoms with Gasteiger partial charge >= 0.3 is 5.97 Å². The van der Waals surface area contributed by atoms with Crippen molar-refractivity contribution >= 4 is 28.6 Å². The van der Waals surface area contributed by atoms with Crippen LogP contribution in [0.15, 0.2) is 36.5 Å². The molecule has 0 saturated heterocycles. The van der Waals surface area contributed by atoms with E-state index in [1.807, 2.05) is 36.5 Å². The number of hydrogen-bond donors (Lipinski definition) is 0. The first-order valence-corrected chi connectivity index (χ1v) is 7.71. The first-order chi connectivity index (χ1) is 10.7. The van der Waals surface area contributed by atoms with E-state index < -0.39 is 0 Å². The second-order valence-electron chi connectivity index (χ2n) is 4.66. The van der Waals surface area contributed by atoms with Gasteiger partial charge in [0.1, 0.15) is 5.69 Å². The summed E-state index contributed by atoms with van der Waals surface area (Å²) in [6.07, 6.45) is 2.62. The fourth-order valence-electron chi connectivity index (χ4n) is 2.25. The number of rotatable bonds is 5. The maximum Gasteiger partial charge on any atom is 0.311 e. The predicted molar refractivity (Wildman–Crippen MR) is 84.2 cm³/mol. The number of aldehydes is 1. The molecule has 22 heavy (non-hydrogen) atoms. The quantitative estimate of drug-likeness (QED) is 0.536. The summed E-state index contributed by atoms with van der Waals surface area (Å²) in [4.78, 5) is 29.1. The van der Waals surface area contributed by atoms with E-state index >= 15 is 0 Å². The minimum atomic E-state index is -0.375. The summed E-state index contributed by atoms with van der Waals surface area (Å²) in [6, 6.07) is 9.89. The fraction of sp³-hybridized carbons (Fsp3) is 0.188. The average molecular weight is 314 g/mol. The van der Waals surface area contributed by atoms with Crippen LogP contribution in [0.2, 0.25) is 0 Å². The third-order valence-electron chi connectivity index (χ3n) is 3.23. The largest absolute Gasteiger partial charge is 0.466 e. The molecular formula is C16H14N2O3S. The standard InChI is InChI=1S/C16H14N2O3S/c1-2-21-15(20)8-12-13(10-19)18-9-14(22-16(18)17-12)11-6-4-3-5-7-11/h3-7,9-10H,2,8H2,1H3. The van der Waals surface area contributed by atoms with Crippen molar-refractivity contribution in [3.8, 4) is 10.4 Å². The molecule has 0 fully saturated rings. The van der Waals surface area contributed by atoms with Gasteiger partial charge in [-0.15, -0.1) is 0 Å². The number of imidazole rings is 1. The molecule has 0 N–H and O–H groups in total. The zero-order valence-corrected chi connectivity index (χ0v) is 12.8. The molecule has 0 atom stereocenters. The minimum Gasteiger partial charge on any atom is -0.466 e. The van der Waals surface area contributed by atoms with Crippen LogP contribution in [0.1, 0.15) is 23.1 Å². The Morgan fingerprint density at radius 2 is 2.14 bits per heavy atom. The lowest BCUT2D eigenvalue weighted by Gasteiger charge is -2.00. The molecule has 0 saturated carbocycles. The van der Waals surface area contributed by atoms with Crippen LogP contribution in [-0.2, 0) is 16.0 Å². The third-order valence-corrected chi connectivity index (χ3v) is 4.26. The fourth-order valence-corrected chi connectivity index (χ4v) is 3.26. The molecule has 112 valence electrons. The van der Waals surface area contributed by atoms with Crippen LogP contribution in [0.5, 0.6) is 0 Å². The summed E-state index contributed by atoms with van der Waals surface area (Å²) >= 11 is 1.48. The molecule has 6 heteroatoms. The Balaban J connectivity index is 1.99. The highest BCUT2D eigenvalue weighted by atomic mass is 32.1. The van der Waals surface area contributed by atoms with Crippen molar-refractivity contribution in [3.63, 3.8) is 0 Å². The Kier molecular flexibility index (Phi) is 4.02. The Bertz CT molecular complexity index is 821. The lowest BCUT2D eigenvalue weighted by molar-refractivity contribution is -0.142. The van der Waals surface area contributed by atoms with Crippen molar-refractivity contribution in [2.75, 3.05) is 6.61 Å². The van der Waals surface area contributed by atoms with Crippen molar-refractivity contribution in [2.24, 2.45) is 0 Å². The van der Waals surface area contributed by atoms with Gasteiger partial charge in [0, 0.05) is 6.20 Å². The molecule has 2 aromatic heterocycles. The lowest BCUT2D eigenvalue weighted by Crippen LogP contribution is -2.09. The summed E-state index contributed by atoms with van der Waals surface area (Å²) in [7, 11) is 0. The van der Waals surface area contributed by atoms with Gasteiger partial charge in [0.05, 0.1) is 23.6 Å². The van der Waals surface area contributed by atoms with Crippen molar-refractivity contribution in [2.45, 2.75) is 13.3 Å². The molecule has 0 unspecified atom stereocenters. The Morgan fingerprint density at radius 3 is 2.82 bits per heavy atom. The Morgan fingerprint density at radius 1 is 1.36 bits per heavy atom. The number of nitrogens with zero attached hydrogens (tertiary/aromatic N) is 2. The second-order valence-corrected chi connectivity index (χ2v) is 5.67. The van der Waals surface area contributed by atoms with Gasteiger partial charge in [0.25, 0.3) is 0 Å². The molecular weight excluding hydrogens is 300 g/mol. The molecule has 0 amide bonds. The summed E-state index contributed by atoms with van der Waals surface area (Å²) in [6.45, 7) is 2.06. The smallest absolute Gasteiger partial charge is 0.311 e. The number of hydrogen-bond acceptors (Lipinski definition) is 5. The van der Waals surface area contributed by atoms with Crippen LogP contribution in [0.25, 0.3) is 15.4 Å². The van der Waals surface area contributed by atoms with Gasteiger partial charge in [-0.25, -0.2) is 4.98 Å². The number of carbonyl (C=O) groups is 2. The van der Waals surface area contributed by atoms with Crippen LogP contribution in [0.4, 0.5) is 0 Å². The van der Waals surface area contributed by atoms with Gasteiger partial charge in [0.2, 0.25) is 0 Å². The molecule has 0 aliphatic carbocycles. The normalized spacial score (nSPS) is 10.8. The van der Waals surface area contributed by atoms with E-state index in [4.69, 9.17) is 4.74 Å². The third kappa shape index (κ3) is 2.65. The maximum atomic E-state index is 11.6. The molecule has 3 aromatic rings. The van der Waals surface area contributed by atoms with Crippen LogP contribution in [0.3, 0.4) is 0 Å². The first-order valence-electron chi connectivity index (χ1n) is 6.90. The summed E-state index contributed by atoms with van der Waals surface area (Å²) in [5, 5.41) is 0. The summed E-state index contributed by atoms with van der Waals surface area (Å²) in [5.41, 5.74) is 1.93. The van der Waals surface area contributed by atoms with E-state index in [9.17, 15) is 9.59 Å². The molecule has 0 spiro atoms. The molecule has 2 heterocycles. The first kappa shape index (κ1) is 14.5. The number of thiazole rings is 1. The van der Waals surface area contributed by atoms with E-state index in [0.29, 0.717) is 23.0 Å². The van der Waals surface area contributed by atoms with E-state index in [-0.39, 0.29) is 12.4 Å². The monoisotopic (exact) mass is 314 g/mol. The molecule has 0 radical (unpaired) electrons. The highest BCUT2D eigenvalue weighted by Crippen LogP contribution is 2.29. The topological polar surface area (TPSA) is 60.7 Å². The number of aromatic nitrogens is 2. The van der Waals surface area contributed by atoms with Crippen LogP contribution in [-0.4, -0.2) is 28.2 Å². The molecule has 3 rings (SSSR count). The van der Waals surface area contributed by atoms with Gasteiger partial charge in [0.15, 0.2) is 11.2 Å². The highest BCUT2D eigenvalue weighted by Gasteiger charge is 2.18. The van der Waals surface area contributed by atoms with Gasteiger partial charge in [-0.05, 0) is 12.5 Å². The van der Waals surface area contributed by atoms with Gasteiger partial charge in [-0.1, -0.05) is 41.7 Å². The van der Waals surface area contributed by atoms with E-state index in [0.717, 1.165) is 16.7 Å². The average Bonchev–Trinajstić information content (AvgIpc) is 3.05. The summed E-state index contributed by atoms with van der Waals surface area (Å²) in [5.74, 6) is -0.375. The van der Waals surface area contributed by atoms with E-state index in [1.54, 1.807) is 11.3 Å². The molecule has 5 nitrogen and oxygen atoms in total. The molecule has 0 bridgehead atoms. The number of fused-ring (bicyclic) bond motifs is 1. The van der Waals surface area contributed by atoms with Gasteiger partial charge < -0.3 is 4.74 Å². The van der Waals surface area contributed by atoms with Gasteiger partial charge in [-0.3, -0.25) is 14.0 Å². The number of benzene rings is 1. The molecule has 1 aromatic carbocycles. The van der Waals surface area contributed by atoms with Crippen molar-refractivity contribution < 1.29 is 14.3 Å². The maximum absolute atomic E-state index is 11.6. The summed E-state index contributed by atoms with van der Waals surface area (Å²) < 4.78 is 6.64. The van der Waals surface area contributed by atoms with Crippen molar-refractivity contribution in [1.29, 1.82) is 0 Å². The SMILES string of the molecule is CCOC(=O)Cc1nc2sc(-c3ccccc3)cn2c1C=O. The number of esters is 1. The minimum absolute atomic E-state index is 0.0109. The zero-order valence-electron chi connectivity index (χ0n) is 12.0. The molecule has 0 aliphatic rings. The molecule has 0 aliphatic heterocycles.